The molecule has 4 rings (SSSR count). The van der Waals surface area contributed by atoms with Crippen LogP contribution in [0.2, 0.25) is 5.02 Å². The highest BCUT2D eigenvalue weighted by Crippen LogP contribution is 2.38. The van der Waals surface area contributed by atoms with Gasteiger partial charge in [0.25, 0.3) is 11.8 Å². The van der Waals surface area contributed by atoms with E-state index in [4.69, 9.17) is 16.3 Å². The van der Waals surface area contributed by atoms with Crippen LogP contribution >= 0.6 is 11.6 Å². The Bertz CT molecular complexity index is 1200. The third-order valence-electron chi connectivity index (χ3n) is 5.40. The van der Waals surface area contributed by atoms with Gasteiger partial charge in [-0.05, 0) is 61.4 Å². The molecule has 1 heterocycles. The first-order valence-electron chi connectivity index (χ1n) is 10.3. The number of nitrogens with zero attached hydrogens (tertiary/aromatic N) is 2. The molecule has 0 fully saturated rings. The van der Waals surface area contributed by atoms with E-state index in [2.05, 4.69) is 0 Å². The fraction of sp³-hybridized carbons (Fsp3) is 0.154. The number of carbonyl (C=O) groups is 2. The second-order valence-corrected chi connectivity index (χ2v) is 7.89. The quantitative estimate of drug-likeness (QED) is 0.471. The van der Waals surface area contributed by atoms with Gasteiger partial charge in [-0.15, -0.1) is 0 Å². The van der Waals surface area contributed by atoms with Crippen LogP contribution in [0.1, 0.15) is 18.1 Å². The second kappa shape index (κ2) is 8.89. The van der Waals surface area contributed by atoms with Crippen molar-refractivity contribution in [1.29, 1.82) is 0 Å². The van der Waals surface area contributed by atoms with Crippen molar-refractivity contribution in [3.05, 3.63) is 94.6 Å². The summed E-state index contributed by atoms with van der Waals surface area (Å²) in [7, 11) is 1.79. The van der Waals surface area contributed by atoms with Gasteiger partial charge in [0.05, 0.1) is 17.9 Å². The van der Waals surface area contributed by atoms with Gasteiger partial charge in [0.2, 0.25) is 0 Å². The molecule has 3 aromatic rings. The van der Waals surface area contributed by atoms with Gasteiger partial charge < -0.3 is 9.64 Å². The minimum Gasteiger partial charge on any atom is -0.494 e. The van der Waals surface area contributed by atoms with Gasteiger partial charge in [0, 0.05) is 17.8 Å². The van der Waals surface area contributed by atoms with E-state index in [1.165, 1.54) is 4.90 Å². The molecule has 0 unspecified atom stereocenters. The normalized spacial score (nSPS) is 13.7. The molecule has 0 spiro atoms. The number of rotatable bonds is 6. The first kappa shape index (κ1) is 21.7. The number of hydrogen-bond donors (Lipinski definition) is 0. The average Bonchev–Trinajstić information content (AvgIpc) is 3.06. The van der Waals surface area contributed by atoms with Crippen LogP contribution < -0.4 is 14.5 Å². The van der Waals surface area contributed by atoms with E-state index < -0.39 is 5.91 Å². The van der Waals surface area contributed by atoms with Crippen molar-refractivity contribution in [3.8, 4) is 5.75 Å². The maximum absolute atomic E-state index is 13.7. The Morgan fingerprint density at radius 3 is 2.28 bits per heavy atom. The summed E-state index contributed by atoms with van der Waals surface area (Å²) < 4.78 is 5.53. The van der Waals surface area contributed by atoms with Crippen molar-refractivity contribution in [2.75, 3.05) is 23.5 Å². The van der Waals surface area contributed by atoms with Gasteiger partial charge >= 0.3 is 0 Å². The SMILES string of the molecule is CCOc1ccc(C2=C(N(C)c3ccccc3)C(=O)N(c3cc(Cl)ccc3C)C2=O)cc1. The van der Waals surface area contributed by atoms with E-state index in [1.807, 2.05) is 44.2 Å². The molecule has 0 aliphatic carbocycles. The van der Waals surface area contributed by atoms with Crippen molar-refractivity contribution in [3.63, 3.8) is 0 Å². The zero-order valence-corrected chi connectivity index (χ0v) is 18.9. The van der Waals surface area contributed by atoms with Crippen LogP contribution in [0.4, 0.5) is 11.4 Å². The number of imide groups is 1. The van der Waals surface area contributed by atoms with Crippen molar-refractivity contribution in [2.45, 2.75) is 13.8 Å². The minimum absolute atomic E-state index is 0.310. The summed E-state index contributed by atoms with van der Waals surface area (Å²) in [5.41, 5.74) is 3.36. The molecule has 2 amide bonds. The Hall–Kier alpha value is -3.57. The Morgan fingerprint density at radius 1 is 0.938 bits per heavy atom. The smallest absolute Gasteiger partial charge is 0.282 e. The lowest BCUT2D eigenvalue weighted by Gasteiger charge is -2.22. The molecule has 0 radical (unpaired) electrons. The number of halogens is 1. The van der Waals surface area contributed by atoms with Crippen LogP contribution in [-0.4, -0.2) is 25.5 Å². The summed E-state index contributed by atoms with van der Waals surface area (Å²) in [6.07, 6.45) is 0. The highest BCUT2D eigenvalue weighted by Gasteiger charge is 2.42. The fourth-order valence-electron chi connectivity index (χ4n) is 3.80. The number of carbonyl (C=O) groups excluding carboxylic acids is 2. The van der Waals surface area contributed by atoms with E-state index in [1.54, 1.807) is 54.4 Å². The van der Waals surface area contributed by atoms with E-state index in [9.17, 15) is 9.59 Å². The molecule has 0 bridgehead atoms. The third kappa shape index (κ3) is 3.87. The number of benzene rings is 3. The van der Waals surface area contributed by atoms with Gasteiger partial charge in [-0.25, -0.2) is 4.90 Å². The molecule has 1 aliphatic heterocycles. The molecule has 3 aromatic carbocycles. The Labute approximate surface area is 192 Å². The summed E-state index contributed by atoms with van der Waals surface area (Å²) in [6.45, 7) is 4.30. The van der Waals surface area contributed by atoms with Gasteiger partial charge in [-0.2, -0.15) is 0 Å². The standard InChI is InChI=1S/C26H23ClN2O3/c1-4-32-21-14-11-18(12-15-21)23-24(28(3)20-8-6-5-7-9-20)26(31)29(25(23)30)22-16-19(27)13-10-17(22)2/h5-16H,4H2,1-3H3. The highest BCUT2D eigenvalue weighted by molar-refractivity contribution is 6.46. The number of aryl methyl sites for hydroxylation is 1. The molecule has 1 aliphatic rings. The third-order valence-corrected chi connectivity index (χ3v) is 5.64. The van der Waals surface area contributed by atoms with Crippen LogP contribution in [0, 0.1) is 6.92 Å². The lowest BCUT2D eigenvalue weighted by Crippen LogP contribution is -2.34. The molecule has 0 saturated carbocycles. The van der Waals surface area contributed by atoms with E-state index in [0.717, 1.165) is 11.3 Å². The van der Waals surface area contributed by atoms with E-state index >= 15 is 0 Å². The van der Waals surface area contributed by atoms with Crippen LogP contribution in [0.15, 0.2) is 78.5 Å². The molecule has 32 heavy (non-hydrogen) atoms. The van der Waals surface area contributed by atoms with Gasteiger partial charge in [-0.3, -0.25) is 9.59 Å². The number of para-hydroxylation sites is 1. The molecule has 5 nitrogen and oxygen atoms in total. The lowest BCUT2D eigenvalue weighted by atomic mass is 10.0. The highest BCUT2D eigenvalue weighted by atomic mass is 35.5. The Morgan fingerprint density at radius 2 is 1.62 bits per heavy atom. The van der Waals surface area contributed by atoms with E-state index in [-0.39, 0.29) is 5.91 Å². The van der Waals surface area contributed by atoms with E-state index in [0.29, 0.717) is 39.9 Å². The molecule has 0 N–H and O–H groups in total. The lowest BCUT2D eigenvalue weighted by molar-refractivity contribution is -0.120. The summed E-state index contributed by atoms with van der Waals surface area (Å²) in [5, 5.41) is 0.457. The number of anilines is 2. The monoisotopic (exact) mass is 446 g/mol. The molecule has 0 saturated heterocycles. The average molecular weight is 447 g/mol. The van der Waals surface area contributed by atoms with Crippen molar-refractivity contribution in [2.24, 2.45) is 0 Å². The zero-order valence-electron chi connectivity index (χ0n) is 18.1. The van der Waals surface area contributed by atoms with Crippen LogP contribution in [-0.2, 0) is 9.59 Å². The summed E-state index contributed by atoms with van der Waals surface area (Å²) in [5.74, 6) is -0.0768. The van der Waals surface area contributed by atoms with Crippen molar-refractivity contribution >= 4 is 40.4 Å². The van der Waals surface area contributed by atoms with Gasteiger partial charge in [-0.1, -0.05) is 48.0 Å². The van der Waals surface area contributed by atoms with Crippen molar-refractivity contribution in [1.82, 2.24) is 0 Å². The molecule has 162 valence electrons. The fourth-order valence-corrected chi connectivity index (χ4v) is 3.96. The minimum atomic E-state index is -0.393. The molecule has 6 heteroatoms. The number of hydrogen-bond acceptors (Lipinski definition) is 4. The first-order valence-corrected chi connectivity index (χ1v) is 10.7. The summed E-state index contributed by atoms with van der Waals surface area (Å²) in [4.78, 5) is 30.3. The van der Waals surface area contributed by atoms with Gasteiger partial charge in [0.1, 0.15) is 11.4 Å². The Kier molecular flexibility index (Phi) is 6.01. The van der Waals surface area contributed by atoms with Crippen LogP contribution in [0.3, 0.4) is 0 Å². The second-order valence-electron chi connectivity index (χ2n) is 7.45. The van der Waals surface area contributed by atoms with Crippen LogP contribution in [0.5, 0.6) is 5.75 Å². The Balaban J connectivity index is 1.87. The van der Waals surface area contributed by atoms with Crippen molar-refractivity contribution < 1.29 is 14.3 Å². The largest absolute Gasteiger partial charge is 0.494 e. The van der Waals surface area contributed by atoms with Crippen LogP contribution in [0.25, 0.3) is 5.57 Å². The molecular formula is C26H23ClN2O3. The summed E-state index contributed by atoms with van der Waals surface area (Å²) >= 11 is 6.20. The molecule has 0 aromatic heterocycles. The maximum Gasteiger partial charge on any atom is 0.282 e. The number of likely N-dealkylation sites (N-methyl/N-ethyl adjacent to an activating group) is 1. The predicted octanol–water partition coefficient (Wildman–Crippen LogP) is 5.47. The first-order chi connectivity index (χ1) is 15.4. The zero-order chi connectivity index (χ0) is 22.8. The number of ether oxygens (including phenoxy) is 1. The molecular weight excluding hydrogens is 424 g/mol. The van der Waals surface area contributed by atoms with Gasteiger partial charge in [0.15, 0.2) is 0 Å². The maximum atomic E-state index is 13.7. The number of amides is 2. The summed E-state index contributed by atoms with van der Waals surface area (Å²) in [6, 6.07) is 21.9. The molecule has 0 atom stereocenters. The topological polar surface area (TPSA) is 49.9 Å². The predicted molar refractivity (Wildman–Crippen MR) is 128 cm³/mol.